The SMILES string of the molecule is CCCN(C(=O)C1CCCOC1)C1CCC(N)CC1. The molecule has 1 saturated carbocycles. The predicted molar refractivity (Wildman–Crippen MR) is 75.8 cm³/mol. The Morgan fingerprint density at radius 2 is 2.00 bits per heavy atom. The summed E-state index contributed by atoms with van der Waals surface area (Å²) in [5, 5.41) is 0. The molecule has 0 bridgehead atoms. The zero-order valence-corrected chi connectivity index (χ0v) is 12.1. The molecular weight excluding hydrogens is 240 g/mol. The van der Waals surface area contributed by atoms with Crippen LogP contribution in [0.5, 0.6) is 0 Å². The molecule has 2 aliphatic rings. The normalized spacial score (nSPS) is 32.0. The van der Waals surface area contributed by atoms with Gasteiger partial charge in [-0.3, -0.25) is 4.79 Å². The molecule has 0 aromatic carbocycles. The van der Waals surface area contributed by atoms with E-state index in [1.165, 1.54) is 0 Å². The smallest absolute Gasteiger partial charge is 0.228 e. The molecule has 1 amide bonds. The van der Waals surface area contributed by atoms with Gasteiger partial charge in [-0.15, -0.1) is 0 Å². The second-order valence-electron chi connectivity index (χ2n) is 6.01. The van der Waals surface area contributed by atoms with E-state index in [0.717, 1.165) is 58.1 Å². The maximum Gasteiger partial charge on any atom is 0.228 e. The molecule has 0 aromatic rings. The van der Waals surface area contributed by atoms with Crippen LogP contribution in [0, 0.1) is 5.92 Å². The molecule has 2 rings (SSSR count). The second-order valence-corrected chi connectivity index (χ2v) is 6.01. The van der Waals surface area contributed by atoms with Gasteiger partial charge in [-0.25, -0.2) is 0 Å². The van der Waals surface area contributed by atoms with Crippen molar-refractivity contribution >= 4 is 5.91 Å². The summed E-state index contributed by atoms with van der Waals surface area (Å²) in [6.07, 6.45) is 7.29. The van der Waals surface area contributed by atoms with Crippen molar-refractivity contribution in [3.8, 4) is 0 Å². The van der Waals surface area contributed by atoms with Gasteiger partial charge in [0.05, 0.1) is 12.5 Å². The fourth-order valence-corrected chi connectivity index (χ4v) is 3.30. The van der Waals surface area contributed by atoms with Crippen molar-refractivity contribution in [3.63, 3.8) is 0 Å². The highest BCUT2D eigenvalue weighted by Crippen LogP contribution is 2.25. The quantitative estimate of drug-likeness (QED) is 0.847. The molecule has 1 aliphatic carbocycles. The number of nitrogens with two attached hydrogens (primary N) is 1. The van der Waals surface area contributed by atoms with Gasteiger partial charge in [0.2, 0.25) is 5.91 Å². The molecule has 1 aliphatic heterocycles. The minimum absolute atomic E-state index is 0.0934. The van der Waals surface area contributed by atoms with Gasteiger partial charge in [-0.05, 0) is 44.9 Å². The van der Waals surface area contributed by atoms with Crippen molar-refractivity contribution in [1.29, 1.82) is 0 Å². The van der Waals surface area contributed by atoms with Gasteiger partial charge in [0.15, 0.2) is 0 Å². The third kappa shape index (κ3) is 3.93. The van der Waals surface area contributed by atoms with E-state index >= 15 is 0 Å². The zero-order valence-electron chi connectivity index (χ0n) is 12.1. The van der Waals surface area contributed by atoms with Gasteiger partial charge >= 0.3 is 0 Å². The predicted octanol–water partition coefficient (Wildman–Crippen LogP) is 1.92. The lowest BCUT2D eigenvalue weighted by Crippen LogP contribution is -2.48. The Balaban J connectivity index is 1.95. The number of carbonyl (C=O) groups is 1. The molecule has 2 fully saturated rings. The third-order valence-corrected chi connectivity index (χ3v) is 4.44. The fourth-order valence-electron chi connectivity index (χ4n) is 3.30. The Morgan fingerprint density at radius 3 is 2.58 bits per heavy atom. The van der Waals surface area contributed by atoms with Crippen LogP contribution in [0.25, 0.3) is 0 Å². The topological polar surface area (TPSA) is 55.6 Å². The molecule has 110 valence electrons. The van der Waals surface area contributed by atoms with Gasteiger partial charge < -0.3 is 15.4 Å². The van der Waals surface area contributed by atoms with Crippen LogP contribution in [-0.4, -0.2) is 42.6 Å². The molecule has 1 heterocycles. The summed E-state index contributed by atoms with van der Waals surface area (Å²) >= 11 is 0. The van der Waals surface area contributed by atoms with Crippen LogP contribution in [0.1, 0.15) is 51.9 Å². The molecule has 0 spiro atoms. The lowest BCUT2D eigenvalue weighted by atomic mass is 9.89. The average molecular weight is 268 g/mol. The minimum atomic E-state index is 0.0934. The van der Waals surface area contributed by atoms with Crippen molar-refractivity contribution < 1.29 is 9.53 Å². The largest absolute Gasteiger partial charge is 0.381 e. The van der Waals surface area contributed by atoms with Crippen molar-refractivity contribution in [3.05, 3.63) is 0 Å². The maximum atomic E-state index is 12.7. The van der Waals surface area contributed by atoms with Crippen LogP contribution in [0.2, 0.25) is 0 Å². The highest BCUT2D eigenvalue weighted by molar-refractivity contribution is 5.79. The van der Waals surface area contributed by atoms with Crippen LogP contribution < -0.4 is 5.73 Å². The van der Waals surface area contributed by atoms with Crippen LogP contribution in [-0.2, 0) is 9.53 Å². The van der Waals surface area contributed by atoms with E-state index in [9.17, 15) is 4.79 Å². The van der Waals surface area contributed by atoms with E-state index in [1.807, 2.05) is 0 Å². The standard InChI is InChI=1S/C15H28N2O2/c1-2-9-17(14-7-5-13(16)6-8-14)15(18)12-4-3-10-19-11-12/h12-14H,2-11,16H2,1H3. The van der Waals surface area contributed by atoms with Crippen LogP contribution >= 0.6 is 0 Å². The van der Waals surface area contributed by atoms with Gasteiger partial charge in [-0.1, -0.05) is 6.92 Å². The fraction of sp³-hybridized carbons (Fsp3) is 0.933. The molecule has 1 atom stereocenters. The van der Waals surface area contributed by atoms with Gasteiger partial charge in [0.1, 0.15) is 0 Å². The number of nitrogens with zero attached hydrogens (tertiary/aromatic N) is 1. The summed E-state index contributed by atoms with van der Waals surface area (Å²) in [6.45, 7) is 4.46. The van der Waals surface area contributed by atoms with Crippen molar-refractivity contribution in [2.24, 2.45) is 11.7 Å². The van der Waals surface area contributed by atoms with Crippen LogP contribution in [0.3, 0.4) is 0 Å². The summed E-state index contributed by atoms with van der Waals surface area (Å²) < 4.78 is 5.47. The maximum absolute atomic E-state index is 12.7. The summed E-state index contributed by atoms with van der Waals surface area (Å²) in [7, 11) is 0. The van der Waals surface area contributed by atoms with Crippen molar-refractivity contribution in [2.45, 2.75) is 64.0 Å². The van der Waals surface area contributed by atoms with Gasteiger partial charge in [0, 0.05) is 25.2 Å². The lowest BCUT2D eigenvalue weighted by molar-refractivity contribution is -0.143. The van der Waals surface area contributed by atoms with E-state index in [2.05, 4.69) is 11.8 Å². The molecule has 0 aromatic heterocycles. The Bertz CT molecular complexity index is 282. The number of rotatable bonds is 4. The van der Waals surface area contributed by atoms with Gasteiger partial charge in [0.25, 0.3) is 0 Å². The van der Waals surface area contributed by atoms with Crippen LogP contribution in [0.15, 0.2) is 0 Å². The molecule has 4 nitrogen and oxygen atoms in total. The summed E-state index contributed by atoms with van der Waals surface area (Å²) in [6, 6.07) is 0.752. The number of carbonyl (C=O) groups excluding carboxylic acids is 1. The zero-order chi connectivity index (χ0) is 13.7. The number of hydrogen-bond donors (Lipinski definition) is 1. The van der Waals surface area contributed by atoms with Crippen molar-refractivity contribution in [1.82, 2.24) is 4.90 Å². The molecule has 2 N–H and O–H groups in total. The lowest BCUT2D eigenvalue weighted by Gasteiger charge is -2.38. The first kappa shape index (κ1) is 14.8. The van der Waals surface area contributed by atoms with Gasteiger partial charge in [-0.2, -0.15) is 0 Å². The summed E-state index contributed by atoms with van der Waals surface area (Å²) in [5.41, 5.74) is 5.97. The molecule has 4 heteroatoms. The van der Waals surface area contributed by atoms with E-state index < -0.39 is 0 Å². The molecule has 0 radical (unpaired) electrons. The molecule has 19 heavy (non-hydrogen) atoms. The number of ether oxygens (including phenoxy) is 1. The number of amides is 1. The second kappa shape index (κ2) is 7.25. The highest BCUT2D eigenvalue weighted by atomic mass is 16.5. The monoisotopic (exact) mass is 268 g/mol. The first-order valence-corrected chi connectivity index (χ1v) is 7.86. The Morgan fingerprint density at radius 1 is 1.26 bits per heavy atom. The Kier molecular flexibility index (Phi) is 5.64. The third-order valence-electron chi connectivity index (χ3n) is 4.44. The molecular formula is C15H28N2O2. The van der Waals surface area contributed by atoms with E-state index in [1.54, 1.807) is 0 Å². The summed E-state index contributed by atoms with van der Waals surface area (Å²) in [5.74, 6) is 0.415. The van der Waals surface area contributed by atoms with Crippen molar-refractivity contribution in [2.75, 3.05) is 19.8 Å². The van der Waals surface area contributed by atoms with Crippen LogP contribution in [0.4, 0.5) is 0 Å². The number of hydrogen-bond acceptors (Lipinski definition) is 3. The highest BCUT2D eigenvalue weighted by Gasteiger charge is 2.32. The minimum Gasteiger partial charge on any atom is -0.381 e. The first-order valence-electron chi connectivity index (χ1n) is 7.86. The molecule has 1 unspecified atom stereocenters. The van der Waals surface area contributed by atoms with E-state index in [0.29, 0.717) is 24.6 Å². The average Bonchev–Trinajstić information content (AvgIpc) is 2.46. The molecule has 1 saturated heterocycles. The first-order chi connectivity index (χ1) is 9.22. The van der Waals surface area contributed by atoms with E-state index in [4.69, 9.17) is 10.5 Å². The van der Waals surface area contributed by atoms with E-state index in [-0.39, 0.29) is 5.92 Å². The summed E-state index contributed by atoms with van der Waals surface area (Å²) in [4.78, 5) is 14.8. The Labute approximate surface area is 116 Å². The Hall–Kier alpha value is -0.610.